The molecule has 5 atom stereocenters. The number of ether oxygens (including phenoxy) is 2. The normalized spacial score (nSPS) is 21.0. The molecular weight excluding hydrogens is 524 g/mol. The molecule has 1 saturated heterocycles. The molecule has 0 spiro atoms. The van der Waals surface area contributed by atoms with Crippen molar-refractivity contribution in [1.29, 1.82) is 0 Å². The Kier molecular flexibility index (Phi) is 10.6. The molecule has 0 saturated carbocycles. The van der Waals surface area contributed by atoms with Gasteiger partial charge in [-0.05, 0) is 57.2 Å². The van der Waals surface area contributed by atoms with E-state index >= 15 is 0 Å². The smallest absolute Gasteiger partial charge is 0.311 e. The number of hydrogen-bond acceptors (Lipinski definition) is 6. The highest BCUT2D eigenvalue weighted by Gasteiger charge is 2.48. The fraction of sp³-hybridized carbons (Fsp3) is 0.444. The summed E-state index contributed by atoms with van der Waals surface area (Å²) in [6.07, 6.45) is 0.147. The SMILES string of the molecule is COC(=O)C[C@@H]1CN([C@@H](C)c2ccccc2)C[C@H](N(Cc2ccccc2)[C@@H](C)c2ccccc2)[C@H]1C(=O)OC(C)(C)C. The van der Waals surface area contributed by atoms with Crippen LogP contribution in [0.4, 0.5) is 0 Å². The van der Waals surface area contributed by atoms with Crippen LogP contribution in [0, 0.1) is 11.8 Å². The molecule has 0 amide bonds. The van der Waals surface area contributed by atoms with Crippen molar-refractivity contribution in [3.05, 3.63) is 108 Å². The highest BCUT2D eigenvalue weighted by Crippen LogP contribution is 2.39. The summed E-state index contributed by atoms with van der Waals surface area (Å²) in [5.41, 5.74) is 2.89. The fourth-order valence-electron chi connectivity index (χ4n) is 6.19. The Morgan fingerprint density at radius 3 is 1.95 bits per heavy atom. The summed E-state index contributed by atoms with van der Waals surface area (Å²) in [5.74, 6) is -1.37. The average Bonchev–Trinajstić information content (AvgIpc) is 2.99. The number of piperidine rings is 1. The van der Waals surface area contributed by atoms with E-state index < -0.39 is 11.5 Å². The zero-order valence-electron chi connectivity index (χ0n) is 25.9. The first kappa shape index (κ1) is 31.5. The van der Waals surface area contributed by atoms with Crippen LogP contribution in [-0.4, -0.2) is 53.6 Å². The Morgan fingerprint density at radius 2 is 1.40 bits per heavy atom. The number of carbonyl (C=O) groups is 2. The van der Waals surface area contributed by atoms with Crippen LogP contribution in [0.5, 0.6) is 0 Å². The Balaban J connectivity index is 1.83. The molecule has 1 fully saturated rings. The van der Waals surface area contributed by atoms with Crippen LogP contribution >= 0.6 is 0 Å². The van der Waals surface area contributed by atoms with E-state index in [1.165, 1.54) is 23.8 Å². The number of likely N-dealkylation sites (tertiary alicyclic amines) is 1. The van der Waals surface area contributed by atoms with E-state index in [-0.39, 0.29) is 42.4 Å². The zero-order chi connectivity index (χ0) is 30.3. The van der Waals surface area contributed by atoms with E-state index in [1.54, 1.807) is 0 Å². The maximum Gasteiger partial charge on any atom is 0.311 e. The van der Waals surface area contributed by atoms with Crippen LogP contribution in [0.2, 0.25) is 0 Å². The van der Waals surface area contributed by atoms with Gasteiger partial charge < -0.3 is 9.47 Å². The number of esters is 2. The summed E-state index contributed by atoms with van der Waals surface area (Å²) in [7, 11) is 1.41. The van der Waals surface area contributed by atoms with Crippen LogP contribution < -0.4 is 0 Å². The molecule has 0 bridgehead atoms. The van der Waals surface area contributed by atoms with Gasteiger partial charge in [0.2, 0.25) is 0 Å². The van der Waals surface area contributed by atoms with Crippen molar-refractivity contribution in [2.24, 2.45) is 11.8 Å². The van der Waals surface area contributed by atoms with Gasteiger partial charge in [-0.25, -0.2) is 0 Å². The van der Waals surface area contributed by atoms with E-state index in [0.29, 0.717) is 19.6 Å². The van der Waals surface area contributed by atoms with Crippen molar-refractivity contribution in [3.63, 3.8) is 0 Å². The first-order chi connectivity index (χ1) is 20.1. The molecule has 0 aliphatic carbocycles. The maximum absolute atomic E-state index is 14.1. The monoisotopic (exact) mass is 570 g/mol. The van der Waals surface area contributed by atoms with Gasteiger partial charge in [0.05, 0.1) is 19.4 Å². The van der Waals surface area contributed by atoms with Gasteiger partial charge in [-0.1, -0.05) is 91.0 Å². The summed E-state index contributed by atoms with van der Waals surface area (Å²) < 4.78 is 11.2. The van der Waals surface area contributed by atoms with Gasteiger partial charge in [-0.2, -0.15) is 0 Å². The van der Waals surface area contributed by atoms with Gasteiger partial charge in [0.25, 0.3) is 0 Å². The van der Waals surface area contributed by atoms with Crippen LogP contribution in [0.3, 0.4) is 0 Å². The van der Waals surface area contributed by atoms with Crippen molar-refractivity contribution in [1.82, 2.24) is 9.80 Å². The van der Waals surface area contributed by atoms with Crippen LogP contribution in [-0.2, 0) is 25.6 Å². The second-order valence-corrected chi connectivity index (χ2v) is 12.5. The van der Waals surface area contributed by atoms with Crippen LogP contribution in [0.15, 0.2) is 91.0 Å². The minimum atomic E-state index is -0.652. The summed E-state index contributed by atoms with van der Waals surface area (Å²) in [4.78, 5) is 31.8. The number of hydrogen-bond donors (Lipinski definition) is 0. The summed E-state index contributed by atoms with van der Waals surface area (Å²) in [6.45, 7) is 12.0. The number of nitrogens with zero attached hydrogens (tertiary/aromatic N) is 2. The lowest BCUT2D eigenvalue weighted by molar-refractivity contribution is -0.171. The third kappa shape index (κ3) is 8.08. The molecule has 6 heteroatoms. The average molecular weight is 571 g/mol. The lowest BCUT2D eigenvalue weighted by Gasteiger charge is -2.50. The molecule has 1 aliphatic rings. The predicted molar refractivity (Wildman–Crippen MR) is 167 cm³/mol. The van der Waals surface area contributed by atoms with Crippen molar-refractivity contribution in [3.8, 4) is 0 Å². The highest BCUT2D eigenvalue weighted by atomic mass is 16.6. The van der Waals surface area contributed by atoms with Gasteiger partial charge in [0.15, 0.2) is 0 Å². The maximum atomic E-state index is 14.1. The molecule has 6 nitrogen and oxygen atoms in total. The van der Waals surface area contributed by atoms with E-state index in [4.69, 9.17) is 9.47 Å². The molecule has 0 aromatic heterocycles. The predicted octanol–water partition coefficient (Wildman–Crippen LogP) is 6.83. The Morgan fingerprint density at radius 1 is 0.857 bits per heavy atom. The molecule has 0 N–H and O–H groups in total. The largest absolute Gasteiger partial charge is 0.469 e. The topological polar surface area (TPSA) is 59.1 Å². The fourth-order valence-corrected chi connectivity index (χ4v) is 6.19. The third-order valence-corrected chi connectivity index (χ3v) is 8.39. The number of methoxy groups -OCH3 is 1. The quantitative estimate of drug-likeness (QED) is 0.249. The second-order valence-electron chi connectivity index (χ2n) is 12.5. The molecule has 4 rings (SSSR count). The summed E-state index contributed by atoms with van der Waals surface area (Å²) >= 11 is 0. The lowest BCUT2D eigenvalue weighted by atomic mass is 9.77. The summed E-state index contributed by atoms with van der Waals surface area (Å²) in [5, 5.41) is 0. The van der Waals surface area contributed by atoms with Crippen molar-refractivity contribution >= 4 is 11.9 Å². The van der Waals surface area contributed by atoms with Crippen LogP contribution in [0.25, 0.3) is 0 Å². The first-order valence-corrected chi connectivity index (χ1v) is 15.0. The molecule has 1 aliphatic heterocycles. The zero-order valence-corrected chi connectivity index (χ0v) is 25.9. The second kappa shape index (κ2) is 14.1. The Hall–Kier alpha value is -3.48. The van der Waals surface area contributed by atoms with Gasteiger partial charge in [0.1, 0.15) is 5.60 Å². The van der Waals surface area contributed by atoms with Gasteiger partial charge in [-0.15, -0.1) is 0 Å². The third-order valence-electron chi connectivity index (χ3n) is 8.39. The molecule has 0 radical (unpaired) electrons. The molecule has 1 heterocycles. The number of carbonyl (C=O) groups excluding carboxylic acids is 2. The van der Waals surface area contributed by atoms with Gasteiger partial charge >= 0.3 is 11.9 Å². The molecule has 224 valence electrons. The van der Waals surface area contributed by atoms with E-state index in [2.05, 4.69) is 96.4 Å². The van der Waals surface area contributed by atoms with Crippen molar-refractivity contribution < 1.29 is 19.1 Å². The van der Waals surface area contributed by atoms with Crippen LogP contribution in [0.1, 0.15) is 69.8 Å². The Labute approximate surface area is 251 Å². The van der Waals surface area contributed by atoms with Gasteiger partial charge in [0, 0.05) is 37.8 Å². The molecule has 0 unspecified atom stereocenters. The number of rotatable bonds is 10. The lowest BCUT2D eigenvalue weighted by Crippen LogP contribution is -2.60. The van der Waals surface area contributed by atoms with E-state index in [0.717, 1.165) is 0 Å². The molecule has 3 aromatic rings. The molecular formula is C36H46N2O4. The summed E-state index contributed by atoms with van der Waals surface area (Å²) in [6, 6.07) is 31.1. The minimum absolute atomic E-state index is 0.00657. The van der Waals surface area contributed by atoms with Gasteiger partial charge in [-0.3, -0.25) is 19.4 Å². The first-order valence-electron chi connectivity index (χ1n) is 15.0. The Bertz CT molecular complexity index is 1280. The molecule has 3 aromatic carbocycles. The standard InChI is InChI=1S/C36H46N2O4/c1-26(29-18-12-8-13-19-29)37-24-31(22-33(39)41-6)34(35(40)42-36(3,4)5)32(25-37)38(23-28-16-10-7-11-17-28)27(2)30-20-14-9-15-21-30/h7-21,26-27,31-32,34H,22-25H2,1-6H3/t26-,27-,31+,32-,34-/m0/s1. The van der Waals surface area contributed by atoms with Crippen molar-refractivity contribution in [2.75, 3.05) is 20.2 Å². The van der Waals surface area contributed by atoms with E-state index in [9.17, 15) is 9.59 Å². The van der Waals surface area contributed by atoms with Crippen molar-refractivity contribution in [2.45, 2.75) is 71.3 Å². The number of benzene rings is 3. The molecule has 42 heavy (non-hydrogen) atoms. The highest BCUT2D eigenvalue weighted by molar-refractivity contribution is 5.76. The minimum Gasteiger partial charge on any atom is -0.469 e. The van der Waals surface area contributed by atoms with E-state index in [1.807, 2.05) is 39.0 Å².